The maximum absolute atomic E-state index is 12.8. The van der Waals surface area contributed by atoms with Crippen LogP contribution in [0.5, 0.6) is 5.75 Å². The Morgan fingerprint density at radius 2 is 1.75 bits per heavy atom. The molecule has 3 heteroatoms. The van der Waals surface area contributed by atoms with Crippen molar-refractivity contribution in [1.29, 1.82) is 0 Å². The van der Waals surface area contributed by atoms with Crippen LogP contribution in [0.25, 0.3) is 11.1 Å². The molecule has 0 aliphatic rings. The zero-order valence-corrected chi connectivity index (χ0v) is 9.46. The number of methoxy groups -OCH3 is 1. The molecule has 0 atom stereocenters. The lowest BCUT2D eigenvalue weighted by atomic mass is 10.1. The van der Waals surface area contributed by atoms with Crippen LogP contribution in [0.15, 0.2) is 42.5 Å². The lowest BCUT2D eigenvalue weighted by molar-refractivity contribution is 0.415. The van der Waals surface area contributed by atoms with E-state index in [-0.39, 0.29) is 5.82 Å². The summed E-state index contributed by atoms with van der Waals surface area (Å²) in [7, 11) is 1.59. The van der Waals surface area contributed by atoms with E-state index in [9.17, 15) is 4.39 Å². The summed E-state index contributed by atoms with van der Waals surface area (Å²) in [6, 6.07) is 11.6. The van der Waals surface area contributed by atoms with Crippen molar-refractivity contribution < 1.29 is 9.13 Å². The van der Waals surface area contributed by atoms with Crippen molar-refractivity contribution >= 4 is 11.6 Å². The van der Waals surface area contributed by atoms with Crippen LogP contribution in [0.2, 0.25) is 5.02 Å². The summed E-state index contributed by atoms with van der Waals surface area (Å²) in [6.45, 7) is 0. The highest BCUT2D eigenvalue weighted by Crippen LogP contribution is 2.31. The van der Waals surface area contributed by atoms with E-state index in [0.29, 0.717) is 5.02 Å². The summed E-state index contributed by atoms with van der Waals surface area (Å²) in [6.07, 6.45) is 0. The molecule has 0 heterocycles. The third-order valence-corrected chi connectivity index (χ3v) is 2.66. The monoisotopic (exact) mass is 236 g/mol. The first-order chi connectivity index (χ1) is 7.70. The number of ether oxygens (including phenoxy) is 1. The smallest absolute Gasteiger partial charge is 0.123 e. The van der Waals surface area contributed by atoms with Gasteiger partial charge >= 0.3 is 0 Å². The minimum atomic E-state index is -0.261. The number of hydrogen-bond donors (Lipinski definition) is 0. The van der Waals surface area contributed by atoms with Crippen LogP contribution in [0, 0.1) is 5.82 Å². The standard InChI is InChI=1S/C13H10ClFO/c1-16-11-6-7-13(14)12(8-11)9-2-4-10(15)5-3-9/h2-8H,1H3. The minimum absolute atomic E-state index is 0.261. The molecule has 0 saturated carbocycles. The number of rotatable bonds is 2. The van der Waals surface area contributed by atoms with Crippen LogP contribution in [-0.2, 0) is 0 Å². The molecule has 0 aliphatic carbocycles. The van der Waals surface area contributed by atoms with Crippen molar-refractivity contribution in [1.82, 2.24) is 0 Å². The van der Waals surface area contributed by atoms with Gasteiger partial charge < -0.3 is 4.74 Å². The predicted molar refractivity (Wildman–Crippen MR) is 63.4 cm³/mol. The summed E-state index contributed by atoms with van der Waals surface area (Å²) in [5.41, 5.74) is 1.70. The highest BCUT2D eigenvalue weighted by Gasteiger charge is 2.05. The van der Waals surface area contributed by atoms with Crippen LogP contribution in [0.1, 0.15) is 0 Å². The maximum atomic E-state index is 12.8. The molecule has 2 aromatic rings. The summed E-state index contributed by atoms with van der Waals surface area (Å²) >= 11 is 6.08. The zero-order valence-electron chi connectivity index (χ0n) is 8.71. The molecule has 0 aliphatic heterocycles. The Bertz CT molecular complexity index is 494. The van der Waals surface area contributed by atoms with Crippen molar-refractivity contribution in [2.45, 2.75) is 0 Å². The topological polar surface area (TPSA) is 9.23 Å². The molecule has 1 nitrogen and oxygen atoms in total. The Hall–Kier alpha value is -1.54. The molecule has 2 rings (SSSR count). The fourth-order valence-electron chi connectivity index (χ4n) is 1.48. The van der Waals surface area contributed by atoms with Gasteiger partial charge in [-0.1, -0.05) is 23.7 Å². The summed E-state index contributed by atoms with van der Waals surface area (Å²) < 4.78 is 17.9. The predicted octanol–water partition coefficient (Wildman–Crippen LogP) is 4.15. The van der Waals surface area contributed by atoms with E-state index in [1.165, 1.54) is 12.1 Å². The van der Waals surface area contributed by atoms with Gasteiger partial charge in [-0.05, 0) is 35.9 Å². The van der Waals surface area contributed by atoms with E-state index in [2.05, 4.69) is 0 Å². The van der Waals surface area contributed by atoms with E-state index in [4.69, 9.17) is 16.3 Å². The Morgan fingerprint density at radius 3 is 2.38 bits per heavy atom. The largest absolute Gasteiger partial charge is 0.497 e. The van der Waals surface area contributed by atoms with Gasteiger partial charge in [-0.3, -0.25) is 0 Å². The molecule has 16 heavy (non-hydrogen) atoms. The molecular formula is C13H10ClFO. The van der Waals surface area contributed by atoms with Crippen molar-refractivity contribution in [2.75, 3.05) is 7.11 Å². The van der Waals surface area contributed by atoms with Crippen LogP contribution < -0.4 is 4.74 Å². The van der Waals surface area contributed by atoms with Gasteiger partial charge in [0.1, 0.15) is 11.6 Å². The van der Waals surface area contributed by atoms with Crippen molar-refractivity contribution in [3.63, 3.8) is 0 Å². The molecule has 0 unspecified atom stereocenters. The molecule has 0 fully saturated rings. The Kier molecular flexibility index (Phi) is 3.11. The lowest BCUT2D eigenvalue weighted by Gasteiger charge is -2.07. The van der Waals surface area contributed by atoms with Crippen LogP contribution in [-0.4, -0.2) is 7.11 Å². The molecule has 0 bridgehead atoms. The normalized spacial score (nSPS) is 10.2. The van der Waals surface area contributed by atoms with Gasteiger partial charge in [0.25, 0.3) is 0 Å². The molecule has 82 valence electrons. The average Bonchev–Trinajstić information content (AvgIpc) is 2.31. The van der Waals surface area contributed by atoms with E-state index >= 15 is 0 Å². The van der Waals surface area contributed by atoms with Crippen LogP contribution in [0.3, 0.4) is 0 Å². The fourth-order valence-corrected chi connectivity index (χ4v) is 1.71. The van der Waals surface area contributed by atoms with Gasteiger partial charge in [-0.2, -0.15) is 0 Å². The SMILES string of the molecule is COc1ccc(Cl)c(-c2ccc(F)cc2)c1. The van der Waals surface area contributed by atoms with Gasteiger partial charge in [0, 0.05) is 10.6 Å². The molecule has 0 N–H and O–H groups in total. The van der Waals surface area contributed by atoms with Crippen molar-refractivity contribution in [3.05, 3.63) is 53.3 Å². The molecular weight excluding hydrogens is 227 g/mol. The number of benzene rings is 2. The van der Waals surface area contributed by atoms with Gasteiger partial charge in [-0.25, -0.2) is 4.39 Å². The molecule has 0 spiro atoms. The van der Waals surface area contributed by atoms with E-state index < -0.39 is 0 Å². The summed E-state index contributed by atoms with van der Waals surface area (Å²) in [4.78, 5) is 0. The van der Waals surface area contributed by atoms with Gasteiger partial charge in [0.05, 0.1) is 7.11 Å². The van der Waals surface area contributed by atoms with Crippen LogP contribution >= 0.6 is 11.6 Å². The zero-order chi connectivity index (χ0) is 11.5. The van der Waals surface area contributed by atoms with E-state index in [1.807, 2.05) is 6.07 Å². The fraction of sp³-hybridized carbons (Fsp3) is 0.0769. The second-order valence-corrected chi connectivity index (χ2v) is 3.76. The van der Waals surface area contributed by atoms with Crippen LogP contribution in [0.4, 0.5) is 4.39 Å². The van der Waals surface area contributed by atoms with Gasteiger partial charge in [0.15, 0.2) is 0 Å². The quantitative estimate of drug-likeness (QED) is 0.761. The highest BCUT2D eigenvalue weighted by molar-refractivity contribution is 6.33. The Labute approximate surface area is 98.4 Å². The van der Waals surface area contributed by atoms with Crippen molar-refractivity contribution in [3.8, 4) is 16.9 Å². The number of halogens is 2. The lowest BCUT2D eigenvalue weighted by Crippen LogP contribution is -1.85. The molecule has 0 aromatic heterocycles. The number of hydrogen-bond acceptors (Lipinski definition) is 1. The third-order valence-electron chi connectivity index (χ3n) is 2.33. The first-order valence-corrected chi connectivity index (χ1v) is 5.18. The van der Waals surface area contributed by atoms with Crippen molar-refractivity contribution in [2.24, 2.45) is 0 Å². The molecule has 2 aromatic carbocycles. The Balaban J connectivity index is 2.50. The summed E-state index contributed by atoms with van der Waals surface area (Å²) in [5.74, 6) is 0.464. The average molecular weight is 237 g/mol. The molecule has 0 saturated heterocycles. The minimum Gasteiger partial charge on any atom is -0.497 e. The summed E-state index contributed by atoms with van der Waals surface area (Å²) in [5, 5.41) is 0.618. The third kappa shape index (κ3) is 2.17. The second-order valence-electron chi connectivity index (χ2n) is 3.35. The Morgan fingerprint density at radius 1 is 1.06 bits per heavy atom. The first-order valence-electron chi connectivity index (χ1n) is 4.80. The van der Waals surface area contributed by atoms with Gasteiger partial charge in [0.2, 0.25) is 0 Å². The molecule has 0 radical (unpaired) electrons. The van der Waals surface area contributed by atoms with Gasteiger partial charge in [-0.15, -0.1) is 0 Å². The van der Waals surface area contributed by atoms with E-state index in [0.717, 1.165) is 16.9 Å². The highest BCUT2D eigenvalue weighted by atomic mass is 35.5. The molecule has 0 amide bonds. The maximum Gasteiger partial charge on any atom is 0.123 e. The first kappa shape index (κ1) is 11.0. The van der Waals surface area contributed by atoms with E-state index in [1.54, 1.807) is 31.4 Å². The second kappa shape index (κ2) is 4.54.